The van der Waals surface area contributed by atoms with Crippen molar-refractivity contribution < 1.29 is 13.2 Å². The Bertz CT molecular complexity index is 537. The second kappa shape index (κ2) is 5.65. The van der Waals surface area contributed by atoms with E-state index in [0.717, 1.165) is 11.1 Å². The van der Waals surface area contributed by atoms with Gasteiger partial charge >= 0.3 is 0 Å². The van der Waals surface area contributed by atoms with Gasteiger partial charge in [-0.2, -0.15) is 0 Å². The molecule has 0 amide bonds. The predicted molar refractivity (Wildman–Crippen MR) is 70.7 cm³/mol. The molecule has 1 aromatic carbocycles. The number of nitrogens with one attached hydrogen (secondary N) is 1. The molecule has 1 heterocycles. The summed E-state index contributed by atoms with van der Waals surface area (Å²) in [5, 5.41) is 4.51. The van der Waals surface area contributed by atoms with Crippen LogP contribution in [0.25, 0.3) is 0 Å². The fourth-order valence-electron chi connectivity index (χ4n) is 1.97. The van der Waals surface area contributed by atoms with Gasteiger partial charge in [0.2, 0.25) is 0 Å². The smallest absolute Gasteiger partial charge is 0.173 e. The molecule has 18 heavy (non-hydrogen) atoms. The lowest BCUT2D eigenvalue weighted by Crippen LogP contribution is -2.29. The Morgan fingerprint density at radius 3 is 2.67 bits per heavy atom. The molecule has 0 aliphatic carbocycles. The van der Waals surface area contributed by atoms with Crippen LogP contribution in [-0.2, 0) is 27.7 Å². The number of rotatable bonds is 5. The summed E-state index contributed by atoms with van der Waals surface area (Å²) in [7, 11) is -1.32. The lowest BCUT2D eigenvalue weighted by molar-refractivity contribution is 0.184. The van der Waals surface area contributed by atoms with Crippen LogP contribution in [0.3, 0.4) is 0 Å². The van der Waals surface area contributed by atoms with Crippen molar-refractivity contribution in [2.24, 2.45) is 0 Å². The first kappa shape index (κ1) is 13.3. The molecule has 4 nitrogen and oxygen atoms in total. The Morgan fingerprint density at radius 2 is 2.06 bits per heavy atom. The number of ether oxygens (including phenoxy) is 1. The monoisotopic (exact) mass is 267 g/mol. The Kier molecular flexibility index (Phi) is 4.16. The third-order valence-electron chi connectivity index (χ3n) is 2.90. The zero-order valence-corrected chi connectivity index (χ0v) is 11.1. The molecule has 1 aliphatic rings. The van der Waals surface area contributed by atoms with E-state index < -0.39 is 9.84 Å². The fraction of sp³-hybridized carbons (Fsp3) is 0.385. The summed E-state index contributed by atoms with van der Waals surface area (Å²) >= 11 is 0. The second-order valence-corrected chi connectivity index (χ2v) is 6.28. The van der Waals surface area contributed by atoms with E-state index in [-0.39, 0.29) is 11.8 Å². The first-order chi connectivity index (χ1) is 8.61. The maximum absolute atomic E-state index is 11.3. The normalized spacial score (nSPS) is 21.3. The number of hydrogen-bond donors (Lipinski definition) is 1. The van der Waals surface area contributed by atoms with Crippen LogP contribution in [0.2, 0.25) is 0 Å². The molecular weight excluding hydrogens is 250 g/mol. The summed E-state index contributed by atoms with van der Waals surface area (Å²) in [6.07, 6.45) is 1.70. The van der Waals surface area contributed by atoms with E-state index >= 15 is 0 Å². The number of methoxy groups -OCH3 is 1. The van der Waals surface area contributed by atoms with Crippen LogP contribution in [0.15, 0.2) is 35.7 Å². The lowest BCUT2D eigenvalue weighted by Gasteiger charge is -2.13. The number of benzene rings is 1. The van der Waals surface area contributed by atoms with Gasteiger partial charge in [0.25, 0.3) is 0 Å². The Hall–Kier alpha value is -1.17. The van der Waals surface area contributed by atoms with Crippen molar-refractivity contribution in [3.63, 3.8) is 0 Å². The average molecular weight is 267 g/mol. The minimum atomic E-state index is -2.99. The zero-order chi connectivity index (χ0) is 13.0. The largest absolute Gasteiger partial charge is 0.380 e. The second-order valence-electron chi connectivity index (χ2n) is 4.35. The van der Waals surface area contributed by atoms with Crippen molar-refractivity contribution in [2.75, 3.05) is 12.9 Å². The van der Waals surface area contributed by atoms with E-state index in [2.05, 4.69) is 5.32 Å². The Morgan fingerprint density at radius 1 is 1.33 bits per heavy atom. The molecule has 0 radical (unpaired) electrons. The van der Waals surface area contributed by atoms with Gasteiger partial charge in [0, 0.05) is 25.1 Å². The van der Waals surface area contributed by atoms with Crippen molar-refractivity contribution in [1.82, 2.24) is 5.32 Å². The van der Waals surface area contributed by atoms with Crippen LogP contribution in [0.1, 0.15) is 11.1 Å². The zero-order valence-electron chi connectivity index (χ0n) is 10.3. The van der Waals surface area contributed by atoms with Crippen LogP contribution in [0.4, 0.5) is 0 Å². The molecule has 2 rings (SSSR count). The summed E-state index contributed by atoms with van der Waals surface area (Å²) in [6.45, 7) is 1.21. The molecule has 1 aromatic rings. The van der Waals surface area contributed by atoms with Crippen molar-refractivity contribution >= 4 is 9.84 Å². The van der Waals surface area contributed by atoms with Gasteiger partial charge in [-0.1, -0.05) is 30.3 Å². The van der Waals surface area contributed by atoms with E-state index in [9.17, 15) is 8.42 Å². The Balaban J connectivity index is 1.97. The van der Waals surface area contributed by atoms with Crippen LogP contribution in [0.5, 0.6) is 0 Å². The van der Waals surface area contributed by atoms with Crippen LogP contribution in [0, 0.1) is 0 Å². The fourth-order valence-corrected chi connectivity index (χ4v) is 3.24. The standard InChI is InChI=1S/C13H17NO3S/c1-17-9-12-5-3-2-4-11(12)8-14-13-6-7-18(15,16)10-13/h2-7,13-14H,8-10H2,1H3. The summed E-state index contributed by atoms with van der Waals surface area (Å²) in [6, 6.07) is 7.89. The number of hydrogen-bond acceptors (Lipinski definition) is 4. The average Bonchev–Trinajstić information content (AvgIpc) is 2.68. The van der Waals surface area contributed by atoms with E-state index in [1.165, 1.54) is 5.41 Å². The summed E-state index contributed by atoms with van der Waals surface area (Å²) in [5.41, 5.74) is 2.26. The number of sulfone groups is 1. The molecule has 1 unspecified atom stereocenters. The highest BCUT2D eigenvalue weighted by atomic mass is 32.2. The third-order valence-corrected chi connectivity index (χ3v) is 4.30. The third kappa shape index (κ3) is 3.41. The quantitative estimate of drug-likeness (QED) is 0.872. The molecule has 1 N–H and O–H groups in total. The maximum atomic E-state index is 11.3. The molecule has 0 saturated heterocycles. The van der Waals surface area contributed by atoms with Gasteiger partial charge < -0.3 is 10.1 Å². The first-order valence-corrected chi connectivity index (χ1v) is 7.52. The molecule has 98 valence electrons. The van der Waals surface area contributed by atoms with Gasteiger partial charge in [-0.25, -0.2) is 8.42 Å². The van der Waals surface area contributed by atoms with Gasteiger partial charge in [-0.3, -0.25) is 0 Å². The van der Waals surface area contributed by atoms with Crippen molar-refractivity contribution in [3.8, 4) is 0 Å². The van der Waals surface area contributed by atoms with Gasteiger partial charge in [0.15, 0.2) is 9.84 Å². The van der Waals surface area contributed by atoms with Crippen molar-refractivity contribution in [1.29, 1.82) is 0 Å². The Labute approximate surface area is 108 Å². The highest BCUT2D eigenvalue weighted by Crippen LogP contribution is 2.12. The van der Waals surface area contributed by atoms with E-state index in [1.54, 1.807) is 13.2 Å². The van der Waals surface area contributed by atoms with Crippen LogP contribution < -0.4 is 5.32 Å². The molecule has 0 aromatic heterocycles. The van der Waals surface area contributed by atoms with Gasteiger partial charge in [-0.05, 0) is 11.1 Å². The van der Waals surface area contributed by atoms with Gasteiger partial charge in [0.05, 0.1) is 12.4 Å². The molecule has 0 spiro atoms. The molecule has 5 heteroatoms. The van der Waals surface area contributed by atoms with Gasteiger partial charge in [-0.15, -0.1) is 0 Å². The molecule has 1 aliphatic heterocycles. The predicted octanol–water partition coefficient (Wildman–Crippen LogP) is 1.23. The molecule has 1 atom stereocenters. The van der Waals surface area contributed by atoms with Crippen molar-refractivity contribution in [3.05, 3.63) is 46.9 Å². The SMILES string of the molecule is COCc1ccccc1CNC1C=CS(=O)(=O)C1. The highest BCUT2D eigenvalue weighted by molar-refractivity contribution is 7.94. The highest BCUT2D eigenvalue weighted by Gasteiger charge is 2.20. The summed E-state index contributed by atoms with van der Waals surface area (Å²) < 4.78 is 27.7. The molecule has 0 fully saturated rings. The molecular formula is C13H17NO3S. The topological polar surface area (TPSA) is 55.4 Å². The van der Waals surface area contributed by atoms with Crippen LogP contribution >= 0.6 is 0 Å². The minimum absolute atomic E-state index is 0.0920. The minimum Gasteiger partial charge on any atom is -0.380 e. The first-order valence-electron chi connectivity index (χ1n) is 5.81. The van der Waals surface area contributed by atoms with Gasteiger partial charge in [0.1, 0.15) is 0 Å². The van der Waals surface area contributed by atoms with Crippen LogP contribution in [-0.4, -0.2) is 27.3 Å². The lowest BCUT2D eigenvalue weighted by atomic mass is 10.1. The van der Waals surface area contributed by atoms with Crippen molar-refractivity contribution in [2.45, 2.75) is 19.2 Å². The summed E-state index contributed by atoms with van der Waals surface area (Å²) in [5.74, 6) is 0.152. The molecule has 0 saturated carbocycles. The maximum Gasteiger partial charge on any atom is 0.173 e. The van der Waals surface area contributed by atoms with E-state index in [4.69, 9.17) is 4.74 Å². The molecule has 0 bridgehead atoms. The van der Waals surface area contributed by atoms with E-state index in [0.29, 0.717) is 13.2 Å². The van der Waals surface area contributed by atoms with E-state index in [1.807, 2.05) is 24.3 Å². The summed E-state index contributed by atoms with van der Waals surface area (Å²) in [4.78, 5) is 0.